The topological polar surface area (TPSA) is 75.7 Å². The molecule has 6 nitrogen and oxygen atoms in total. The van der Waals surface area contributed by atoms with Gasteiger partial charge in [-0.1, -0.05) is 30.1 Å². The van der Waals surface area contributed by atoms with Gasteiger partial charge < -0.3 is 10.1 Å². The third kappa shape index (κ3) is 5.59. The van der Waals surface area contributed by atoms with Crippen LogP contribution in [0.1, 0.15) is 13.8 Å². The number of carbonyl (C=O) groups excluding carboxylic acids is 1. The van der Waals surface area contributed by atoms with E-state index in [4.69, 9.17) is 27.9 Å². The minimum Gasteiger partial charge on any atom is -0.494 e. The number of likely N-dealkylation sites (N-methyl/N-ethyl adjacent to an activating group) is 1. The number of carbonyl (C=O) groups is 1. The van der Waals surface area contributed by atoms with Crippen molar-refractivity contribution in [3.63, 3.8) is 0 Å². The first kappa shape index (κ1) is 21.5. The number of halogens is 2. The molecule has 0 saturated carbocycles. The highest BCUT2D eigenvalue weighted by molar-refractivity contribution is 7.89. The van der Waals surface area contributed by atoms with Crippen LogP contribution in [0.25, 0.3) is 0 Å². The number of ether oxygens (including phenoxy) is 1. The quantitative estimate of drug-likeness (QED) is 0.685. The molecule has 0 radical (unpaired) electrons. The van der Waals surface area contributed by atoms with Crippen molar-refractivity contribution in [3.8, 4) is 5.75 Å². The minimum atomic E-state index is -3.97. The lowest BCUT2D eigenvalue weighted by molar-refractivity contribution is -0.116. The van der Waals surface area contributed by atoms with E-state index in [1.165, 1.54) is 18.2 Å². The molecule has 0 aromatic heterocycles. The molecule has 0 aliphatic heterocycles. The summed E-state index contributed by atoms with van der Waals surface area (Å²) in [5.41, 5.74) is 0.540. The summed E-state index contributed by atoms with van der Waals surface area (Å²) in [6, 6.07) is 11.0. The Labute approximate surface area is 169 Å². The summed E-state index contributed by atoms with van der Waals surface area (Å²) in [5.74, 6) is 0.214. The Morgan fingerprint density at radius 1 is 1.11 bits per heavy atom. The maximum absolute atomic E-state index is 12.8. The van der Waals surface area contributed by atoms with E-state index in [9.17, 15) is 13.2 Å². The molecule has 1 amide bonds. The van der Waals surface area contributed by atoms with Crippen LogP contribution in [0.4, 0.5) is 5.69 Å². The summed E-state index contributed by atoms with van der Waals surface area (Å²) >= 11 is 11.9. The predicted octanol–water partition coefficient (Wildman–Crippen LogP) is 4.04. The second-order valence-electron chi connectivity index (χ2n) is 5.51. The summed E-state index contributed by atoms with van der Waals surface area (Å²) in [6.45, 7) is 3.81. The number of nitrogens with one attached hydrogen (secondary N) is 1. The van der Waals surface area contributed by atoms with Crippen LogP contribution in [-0.2, 0) is 14.8 Å². The highest BCUT2D eigenvalue weighted by Crippen LogP contribution is 2.27. The number of amides is 1. The van der Waals surface area contributed by atoms with Gasteiger partial charge in [-0.15, -0.1) is 0 Å². The molecule has 0 heterocycles. The lowest BCUT2D eigenvalue weighted by atomic mass is 10.3. The van der Waals surface area contributed by atoms with Gasteiger partial charge in [-0.25, -0.2) is 8.42 Å². The summed E-state index contributed by atoms with van der Waals surface area (Å²) in [4.78, 5) is 12.2. The number of sulfonamides is 1. The molecule has 2 aromatic rings. The largest absolute Gasteiger partial charge is 0.494 e. The molecule has 0 saturated heterocycles. The normalized spacial score (nSPS) is 11.4. The zero-order valence-corrected chi connectivity index (χ0v) is 17.2. The molecule has 0 bridgehead atoms. The highest BCUT2D eigenvalue weighted by Gasteiger charge is 2.27. The molecule has 2 aromatic carbocycles. The smallest absolute Gasteiger partial charge is 0.245 e. The number of anilines is 1. The van der Waals surface area contributed by atoms with Crippen molar-refractivity contribution in [2.75, 3.05) is 25.0 Å². The van der Waals surface area contributed by atoms with E-state index in [1.54, 1.807) is 31.2 Å². The van der Waals surface area contributed by atoms with Gasteiger partial charge in [-0.05, 0) is 49.4 Å². The average Bonchev–Trinajstić information content (AvgIpc) is 2.63. The van der Waals surface area contributed by atoms with Gasteiger partial charge in [0.25, 0.3) is 0 Å². The fourth-order valence-electron chi connectivity index (χ4n) is 2.34. The molecule has 0 unspecified atom stereocenters. The van der Waals surface area contributed by atoms with E-state index in [0.29, 0.717) is 18.0 Å². The SMILES string of the molecule is CCOc1ccc(NC(=O)CN(CC)S(=O)(=O)c2cc(Cl)ccc2Cl)cc1. The fourth-order valence-corrected chi connectivity index (χ4v) is 4.49. The molecular weight excluding hydrogens is 411 g/mol. The van der Waals surface area contributed by atoms with E-state index in [1.807, 2.05) is 6.92 Å². The predicted molar refractivity (Wildman–Crippen MR) is 107 cm³/mol. The average molecular weight is 431 g/mol. The first-order valence-electron chi connectivity index (χ1n) is 8.25. The van der Waals surface area contributed by atoms with Crippen LogP contribution in [0.3, 0.4) is 0 Å². The van der Waals surface area contributed by atoms with Gasteiger partial charge in [0.2, 0.25) is 15.9 Å². The van der Waals surface area contributed by atoms with E-state index >= 15 is 0 Å². The maximum atomic E-state index is 12.8. The van der Waals surface area contributed by atoms with Gasteiger partial charge in [0.15, 0.2) is 0 Å². The van der Waals surface area contributed by atoms with Crippen LogP contribution in [0.2, 0.25) is 10.0 Å². The van der Waals surface area contributed by atoms with Gasteiger partial charge in [0.05, 0.1) is 18.2 Å². The standard InChI is InChI=1S/C18H20Cl2N2O4S/c1-3-22(27(24,25)17-11-13(19)5-10-16(17)20)12-18(23)21-14-6-8-15(9-7-14)26-4-2/h5-11H,3-4,12H2,1-2H3,(H,21,23). The van der Waals surface area contributed by atoms with Crippen LogP contribution in [-0.4, -0.2) is 38.3 Å². The first-order chi connectivity index (χ1) is 12.8. The van der Waals surface area contributed by atoms with Crippen molar-refractivity contribution in [2.45, 2.75) is 18.7 Å². The van der Waals surface area contributed by atoms with Crippen LogP contribution < -0.4 is 10.1 Å². The van der Waals surface area contributed by atoms with Gasteiger partial charge in [-0.3, -0.25) is 4.79 Å². The molecule has 0 fully saturated rings. The van der Waals surface area contributed by atoms with E-state index in [0.717, 1.165) is 4.31 Å². The van der Waals surface area contributed by atoms with Crippen molar-refractivity contribution in [1.29, 1.82) is 0 Å². The van der Waals surface area contributed by atoms with Crippen molar-refractivity contribution in [2.24, 2.45) is 0 Å². The van der Waals surface area contributed by atoms with E-state index in [2.05, 4.69) is 5.32 Å². The number of benzene rings is 2. The van der Waals surface area contributed by atoms with Crippen molar-refractivity contribution < 1.29 is 17.9 Å². The molecule has 27 heavy (non-hydrogen) atoms. The molecule has 0 aliphatic rings. The Morgan fingerprint density at radius 2 is 1.78 bits per heavy atom. The Hall–Kier alpha value is -1.80. The monoisotopic (exact) mass is 430 g/mol. The number of hydrogen-bond donors (Lipinski definition) is 1. The summed E-state index contributed by atoms with van der Waals surface area (Å²) in [7, 11) is -3.97. The summed E-state index contributed by atoms with van der Waals surface area (Å²) in [5, 5.41) is 2.96. The molecule has 0 spiro atoms. The van der Waals surface area contributed by atoms with E-state index in [-0.39, 0.29) is 28.0 Å². The van der Waals surface area contributed by atoms with E-state index < -0.39 is 15.9 Å². The second-order valence-corrected chi connectivity index (χ2v) is 8.26. The zero-order valence-electron chi connectivity index (χ0n) is 14.9. The highest BCUT2D eigenvalue weighted by atomic mass is 35.5. The Bertz CT molecular complexity index is 902. The van der Waals surface area contributed by atoms with Crippen molar-refractivity contribution in [3.05, 3.63) is 52.5 Å². The Morgan fingerprint density at radius 3 is 2.37 bits per heavy atom. The third-order valence-electron chi connectivity index (χ3n) is 3.63. The maximum Gasteiger partial charge on any atom is 0.245 e. The first-order valence-corrected chi connectivity index (χ1v) is 10.5. The number of hydrogen-bond acceptors (Lipinski definition) is 4. The summed E-state index contributed by atoms with van der Waals surface area (Å²) in [6.07, 6.45) is 0. The molecule has 0 aliphatic carbocycles. The van der Waals surface area contributed by atoms with Crippen molar-refractivity contribution in [1.82, 2.24) is 4.31 Å². The Kier molecular flexibility index (Phi) is 7.49. The lowest BCUT2D eigenvalue weighted by Gasteiger charge is -2.21. The van der Waals surface area contributed by atoms with Gasteiger partial charge in [0, 0.05) is 17.3 Å². The minimum absolute atomic E-state index is 0.0461. The second kappa shape index (κ2) is 9.41. The summed E-state index contributed by atoms with van der Waals surface area (Å²) < 4.78 is 32.0. The molecule has 0 atom stereocenters. The van der Waals surface area contributed by atoms with Crippen molar-refractivity contribution >= 4 is 44.8 Å². The van der Waals surface area contributed by atoms with Crippen LogP contribution in [0, 0.1) is 0 Å². The number of nitrogens with zero attached hydrogens (tertiary/aromatic N) is 1. The molecule has 1 N–H and O–H groups in total. The fraction of sp³-hybridized carbons (Fsp3) is 0.278. The third-order valence-corrected chi connectivity index (χ3v) is 6.27. The molecule has 2 rings (SSSR count). The molecule has 146 valence electrons. The van der Waals surface area contributed by atoms with Crippen LogP contribution in [0.5, 0.6) is 5.75 Å². The van der Waals surface area contributed by atoms with Crippen LogP contribution >= 0.6 is 23.2 Å². The molecular formula is C18H20Cl2N2O4S. The van der Waals surface area contributed by atoms with Gasteiger partial charge in [-0.2, -0.15) is 4.31 Å². The van der Waals surface area contributed by atoms with Gasteiger partial charge in [0.1, 0.15) is 10.6 Å². The zero-order chi connectivity index (χ0) is 20.0. The lowest BCUT2D eigenvalue weighted by Crippen LogP contribution is -2.38. The van der Waals surface area contributed by atoms with Crippen LogP contribution in [0.15, 0.2) is 47.4 Å². The number of rotatable bonds is 8. The Balaban J connectivity index is 2.13. The molecule has 9 heteroatoms. The van der Waals surface area contributed by atoms with Gasteiger partial charge >= 0.3 is 0 Å².